The zero-order chi connectivity index (χ0) is 25.4. The summed E-state index contributed by atoms with van der Waals surface area (Å²) in [5.41, 5.74) is 4.44. The second kappa shape index (κ2) is 11.7. The molecule has 1 unspecified atom stereocenters. The van der Waals surface area contributed by atoms with E-state index in [0.717, 1.165) is 28.3 Å². The minimum Gasteiger partial charge on any atom is -0.491 e. The molecule has 1 heterocycles. The highest BCUT2D eigenvalue weighted by Gasteiger charge is 2.21. The first-order valence-electron chi connectivity index (χ1n) is 11.6. The van der Waals surface area contributed by atoms with Gasteiger partial charge >= 0.3 is 0 Å². The Morgan fingerprint density at radius 1 is 1.06 bits per heavy atom. The maximum Gasteiger partial charge on any atom is 0.233 e. The summed E-state index contributed by atoms with van der Waals surface area (Å²) < 4.78 is 10.8. The topological polar surface area (TPSA) is 113 Å². The van der Waals surface area contributed by atoms with Gasteiger partial charge in [-0.15, -0.1) is 0 Å². The Labute approximate surface area is 206 Å². The van der Waals surface area contributed by atoms with Gasteiger partial charge in [0.05, 0.1) is 18.6 Å². The zero-order valence-electron chi connectivity index (χ0n) is 21.0. The van der Waals surface area contributed by atoms with E-state index in [2.05, 4.69) is 26.3 Å². The molecule has 1 aliphatic rings. The molecule has 4 N–H and O–H groups in total. The van der Waals surface area contributed by atoms with Crippen LogP contribution in [0, 0.1) is 12.3 Å². The summed E-state index contributed by atoms with van der Waals surface area (Å²) in [5.74, 6) is 0.126. The molecule has 0 spiro atoms. The molecular weight excluding hydrogens is 446 g/mol. The van der Waals surface area contributed by atoms with Crippen LogP contribution in [0.5, 0.6) is 5.75 Å². The zero-order valence-corrected chi connectivity index (χ0v) is 21.0. The summed E-state index contributed by atoms with van der Waals surface area (Å²) >= 11 is 0. The van der Waals surface area contributed by atoms with E-state index >= 15 is 0 Å². The molecular formula is C26H35N5O4. The fourth-order valence-corrected chi connectivity index (χ4v) is 3.52. The number of methoxy groups -OCH3 is 1. The van der Waals surface area contributed by atoms with Gasteiger partial charge < -0.3 is 30.7 Å². The quantitative estimate of drug-likeness (QED) is 0.301. The number of anilines is 3. The van der Waals surface area contributed by atoms with Crippen LogP contribution in [0.4, 0.5) is 17.1 Å². The van der Waals surface area contributed by atoms with Crippen molar-refractivity contribution in [2.45, 2.75) is 40.3 Å². The summed E-state index contributed by atoms with van der Waals surface area (Å²) in [7, 11) is 1.64. The molecule has 1 aliphatic heterocycles. The number of amides is 2. The lowest BCUT2D eigenvalue weighted by molar-refractivity contribution is -0.127. The maximum absolute atomic E-state index is 12.2. The van der Waals surface area contributed by atoms with Crippen LogP contribution in [0.25, 0.3) is 0 Å². The van der Waals surface area contributed by atoms with E-state index in [1.165, 1.54) is 0 Å². The third kappa shape index (κ3) is 7.99. The molecule has 9 heteroatoms. The number of rotatable bonds is 10. The van der Waals surface area contributed by atoms with Crippen molar-refractivity contribution in [3.05, 3.63) is 47.5 Å². The number of aryl methyl sites for hydroxylation is 1. The highest BCUT2D eigenvalue weighted by atomic mass is 16.5. The first-order valence-corrected chi connectivity index (χ1v) is 11.6. The fourth-order valence-electron chi connectivity index (χ4n) is 3.52. The molecule has 3 rings (SSSR count). The predicted molar refractivity (Wildman–Crippen MR) is 139 cm³/mol. The molecule has 2 amide bonds. The second-order valence-corrected chi connectivity index (χ2v) is 9.65. The van der Waals surface area contributed by atoms with Gasteiger partial charge in [-0.3, -0.25) is 9.59 Å². The molecule has 2 aromatic carbocycles. The van der Waals surface area contributed by atoms with Crippen molar-refractivity contribution in [1.29, 1.82) is 0 Å². The number of hydrogen-bond acceptors (Lipinski definition) is 7. The average Bonchev–Trinajstić information content (AvgIpc) is 2.79. The summed E-state index contributed by atoms with van der Waals surface area (Å²) in [6.45, 7) is 9.61. The average molecular weight is 482 g/mol. The van der Waals surface area contributed by atoms with Crippen molar-refractivity contribution in [2.75, 3.05) is 42.8 Å². The third-order valence-electron chi connectivity index (χ3n) is 5.24. The molecule has 9 nitrogen and oxygen atoms in total. The van der Waals surface area contributed by atoms with Gasteiger partial charge in [-0.2, -0.15) is 0 Å². The Morgan fingerprint density at radius 3 is 2.46 bits per heavy atom. The van der Waals surface area contributed by atoms with Crippen LogP contribution in [-0.2, 0) is 14.3 Å². The number of carbonyl (C=O) groups excluding carboxylic acids is 2. The largest absolute Gasteiger partial charge is 0.491 e. The number of ether oxygens (including phenoxy) is 2. The van der Waals surface area contributed by atoms with Crippen LogP contribution in [0.3, 0.4) is 0 Å². The highest BCUT2D eigenvalue weighted by molar-refractivity contribution is 6.03. The molecule has 2 aromatic rings. The molecule has 0 radical (unpaired) electrons. The van der Waals surface area contributed by atoms with E-state index in [1.54, 1.807) is 25.6 Å². The predicted octanol–water partition coefficient (Wildman–Crippen LogP) is 4.08. The van der Waals surface area contributed by atoms with Gasteiger partial charge in [0.25, 0.3) is 0 Å². The Hall–Kier alpha value is -3.59. The van der Waals surface area contributed by atoms with Crippen molar-refractivity contribution in [3.63, 3.8) is 0 Å². The minimum atomic E-state index is -0.354. The first-order chi connectivity index (χ1) is 16.6. The highest BCUT2D eigenvalue weighted by Crippen LogP contribution is 2.35. The van der Waals surface area contributed by atoms with Crippen LogP contribution in [-0.4, -0.2) is 45.0 Å². The lowest BCUT2D eigenvalue weighted by Crippen LogP contribution is -2.34. The van der Waals surface area contributed by atoms with E-state index in [0.29, 0.717) is 25.4 Å². The molecule has 1 atom stereocenters. The summed E-state index contributed by atoms with van der Waals surface area (Å²) in [6, 6.07) is 11.3. The molecule has 0 bridgehead atoms. The van der Waals surface area contributed by atoms with Crippen LogP contribution < -0.4 is 26.0 Å². The minimum absolute atomic E-state index is 0.0351. The number of nitrogens with zero attached hydrogens (tertiary/aromatic N) is 1. The van der Waals surface area contributed by atoms with Crippen molar-refractivity contribution in [2.24, 2.45) is 10.4 Å². The normalized spacial score (nSPS) is 14.5. The number of benzene rings is 2. The van der Waals surface area contributed by atoms with Crippen molar-refractivity contribution in [1.82, 2.24) is 5.32 Å². The molecule has 0 fully saturated rings. The standard InChI is InChI=1S/C26H35N5O4/c1-17-12-20(35-11-10-34-5)13-21-24(17)25(29-16-28-21)31-19-8-6-18(7-9-19)30-23(33)14-22(32)27-15-26(2,3)4/h6-9,12-13,16,25,31H,10-11,14-15H2,1-5H3,(H,27,32)(H,28,29)(H,30,33). The lowest BCUT2D eigenvalue weighted by Gasteiger charge is -2.25. The first kappa shape index (κ1) is 26.0. The third-order valence-corrected chi connectivity index (χ3v) is 5.24. The van der Waals surface area contributed by atoms with Gasteiger partial charge in [0.1, 0.15) is 24.9 Å². The molecule has 0 saturated carbocycles. The van der Waals surface area contributed by atoms with Gasteiger partial charge in [0.2, 0.25) is 11.8 Å². The van der Waals surface area contributed by atoms with E-state index in [9.17, 15) is 9.59 Å². The summed E-state index contributed by atoms with van der Waals surface area (Å²) in [6.07, 6.45) is 1.18. The van der Waals surface area contributed by atoms with Gasteiger partial charge in [0.15, 0.2) is 0 Å². The lowest BCUT2D eigenvalue weighted by atomic mass is 9.97. The number of aliphatic imine (C=N–C) groups is 1. The number of carbonyl (C=O) groups is 2. The van der Waals surface area contributed by atoms with E-state index in [4.69, 9.17) is 9.47 Å². The smallest absolute Gasteiger partial charge is 0.233 e. The van der Waals surface area contributed by atoms with E-state index < -0.39 is 0 Å². The van der Waals surface area contributed by atoms with Gasteiger partial charge in [-0.1, -0.05) is 20.8 Å². The van der Waals surface area contributed by atoms with Crippen LogP contribution in [0.1, 0.15) is 44.5 Å². The molecule has 35 heavy (non-hydrogen) atoms. The van der Waals surface area contributed by atoms with Gasteiger partial charge in [-0.05, 0) is 48.2 Å². The van der Waals surface area contributed by atoms with Crippen LogP contribution >= 0.6 is 0 Å². The van der Waals surface area contributed by atoms with Gasteiger partial charge in [-0.25, -0.2) is 4.99 Å². The maximum atomic E-state index is 12.2. The monoisotopic (exact) mass is 481 g/mol. The SMILES string of the molecule is COCCOc1cc(C)c2c(c1)NC=NC2Nc1ccc(NC(=O)CC(=O)NCC(C)(C)C)cc1. The number of fused-ring (bicyclic) bond motifs is 1. The summed E-state index contributed by atoms with van der Waals surface area (Å²) in [4.78, 5) is 28.7. The Morgan fingerprint density at radius 2 is 1.77 bits per heavy atom. The van der Waals surface area contributed by atoms with E-state index in [-0.39, 0.29) is 29.8 Å². The van der Waals surface area contributed by atoms with Crippen LogP contribution in [0.2, 0.25) is 0 Å². The van der Waals surface area contributed by atoms with Crippen LogP contribution in [0.15, 0.2) is 41.4 Å². The Kier molecular flexibility index (Phi) is 8.70. The summed E-state index contributed by atoms with van der Waals surface area (Å²) in [5, 5.41) is 12.2. The molecule has 188 valence electrons. The number of hydrogen-bond donors (Lipinski definition) is 4. The van der Waals surface area contributed by atoms with Crippen molar-refractivity contribution >= 4 is 35.2 Å². The van der Waals surface area contributed by atoms with Crippen molar-refractivity contribution in [3.8, 4) is 5.75 Å². The molecule has 0 saturated heterocycles. The second-order valence-electron chi connectivity index (χ2n) is 9.65. The fraction of sp³-hybridized carbons (Fsp3) is 0.423. The Bertz CT molecular complexity index is 1060. The molecule has 0 aromatic heterocycles. The van der Waals surface area contributed by atoms with Crippen molar-refractivity contribution < 1.29 is 19.1 Å². The molecule has 0 aliphatic carbocycles. The van der Waals surface area contributed by atoms with Gasteiger partial charge in [0, 0.05) is 36.7 Å². The van der Waals surface area contributed by atoms with E-state index in [1.807, 2.05) is 52.0 Å². The number of nitrogens with one attached hydrogen (secondary N) is 4. The Balaban J connectivity index is 1.58.